The van der Waals surface area contributed by atoms with Crippen molar-refractivity contribution >= 4 is 16.9 Å². The van der Waals surface area contributed by atoms with E-state index in [1.54, 1.807) is 6.20 Å². The number of benzene rings is 2. The lowest BCUT2D eigenvalue weighted by atomic mass is 10.0. The van der Waals surface area contributed by atoms with Gasteiger partial charge in [-0.05, 0) is 48.6 Å². The number of aliphatic carboxylic acids is 1. The van der Waals surface area contributed by atoms with Crippen LogP contribution in [0.2, 0.25) is 0 Å². The van der Waals surface area contributed by atoms with Gasteiger partial charge in [-0.2, -0.15) is 0 Å². The van der Waals surface area contributed by atoms with E-state index in [2.05, 4.69) is 43.3 Å². The average Bonchev–Trinajstić information content (AvgIpc) is 3.52. The van der Waals surface area contributed by atoms with Crippen molar-refractivity contribution in [3.8, 4) is 23.0 Å². The van der Waals surface area contributed by atoms with Gasteiger partial charge < -0.3 is 19.8 Å². The van der Waals surface area contributed by atoms with E-state index in [9.17, 15) is 4.79 Å². The van der Waals surface area contributed by atoms with E-state index >= 15 is 0 Å². The monoisotopic (exact) mass is 467 g/mol. The Balaban J connectivity index is 1.24. The number of nitrogens with one attached hydrogen (secondary N) is 2. The van der Waals surface area contributed by atoms with Crippen LogP contribution >= 0.6 is 0 Å². The molecule has 5 aromatic rings. The highest BCUT2D eigenvalue weighted by molar-refractivity contribution is 5.79. The minimum Gasteiger partial charge on any atom is -0.481 e. The van der Waals surface area contributed by atoms with E-state index in [1.165, 1.54) is 5.56 Å². The number of rotatable bonds is 10. The number of ether oxygens (including phenoxy) is 1. The molecule has 0 bridgehead atoms. The van der Waals surface area contributed by atoms with Gasteiger partial charge in [0.1, 0.15) is 11.6 Å². The molecule has 3 N–H and O–H groups in total. The Morgan fingerprint density at radius 1 is 0.971 bits per heavy atom. The van der Waals surface area contributed by atoms with E-state index < -0.39 is 5.97 Å². The van der Waals surface area contributed by atoms with Crippen molar-refractivity contribution in [3.63, 3.8) is 0 Å². The molecule has 0 aliphatic rings. The van der Waals surface area contributed by atoms with E-state index in [0.717, 1.165) is 40.7 Å². The predicted octanol–water partition coefficient (Wildman–Crippen LogP) is 5.53. The van der Waals surface area contributed by atoms with Gasteiger partial charge in [-0.1, -0.05) is 36.4 Å². The van der Waals surface area contributed by atoms with Gasteiger partial charge in [-0.25, -0.2) is 4.98 Å². The third kappa shape index (κ3) is 5.73. The number of aryl methyl sites for hydroxylation is 1. The highest BCUT2D eigenvalue weighted by atomic mass is 16.5. The molecule has 176 valence electrons. The standard InChI is InChI=1S/C27H25N5O3/c33-26(34)10-2-1-5-18-6-3-7-19(13-18)14-24-30-27(32-31-24)21-8-4-9-22(15-21)35-25-16-20-11-12-28-23(20)17-29-25/h3-4,6-9,11-13,15-17,28H,1-2,5,10,14H2,(H,33,34)(H,30,31,32). The van der Waals surface area contributed by atoms with Gasteiger partial charge in [0.2, 0.25) is 5.88 Å². The Labute approximate surface area is 202 Å². The number of carbonyl (C=O) groups is 1. The van der Waals surface area contributed by atoms with Crippen molar-refractivity contribution in [2.45, 2.75) is 32.1 Å². The number of aromatic amines is 2. The number of fused-ring (bicyclic) bond motifs is 1. The van der Waals surface area contributed by atoms with Gasteiger partial charge in [-0.3, -0.25) is 4.79 Å². The Kier molecular flexibility index (Phi) is 6.52. The van der Waals surface area contributed by atoms with E-state index in [-0.39, 0.29) is 6.42 Å². The molecule has 5 rings (SSSR count). The second-order valence-electron chi connectivity index (χ2n) is 8.44. The first kappa shape index (κ1) is 22.3. The zero-order valence-corrected chi connectivity index (χ0v) is 19.1. The maximum atomic E-state index is 10.7. The zero-order valence-electron chi connectivity index (χ0n) is 19.1. The van der Waals surface area contributed by atoms with Crippen LogP contribution in [0.5, 0.6) is 11.6 Å². The molecule has 3 aromatic heterocycles. The molecule has 3 heterocycles. The van der Waals surface area contributed by atoms with Gasteiger partial charge >= 0.3 is 5.97 Å². The summed E-state index contributed by atoms with van der Waals surface area (Å²) in [5.74, 6) is 1.89. The number of H-pyrrole nitrogens is 2. The summed E-state index contributed by atoms with van der Waals surface area (Å²) in [5.41, 5.74) is 4.16. The minimum absolute atomic E-state index is 0.214. The lowest BCUT2D eigenvalue weighted by molar-refractivity contribution is -0.137. The summed E-state index contributed by atoms with van der Waals surface area (Å²) < 4.78 is 5.97. The summed E-state index contributed by atoms with van der Waals surface area (Å²) in [6.07, 6.45) is 6.87. The Hall–Kier alpha value is -4.46. The number of hydrogen-bond donors (Lipinski definition) is 3. The van der Waals surface area contributed by atoms with Crippen LogP contribution in [0.15, 0.2) is 73.1 Å². The van der Waals surface area contributed by atoms with Gasteiger partial charge in [0.25, 0.3) is 0 Å². The van der Waals surface area contributed by atoms with Crippen molar-refractivity contribution in [2.24, 2.45) is 0 Å². The topological polar surface area (TPSA) is 117 Å². The van der Waals surface area contributed by atoms with Crippen molar-refractivity contribution in [3.05, 3.63) is 90.0 Å². The lowest BCUT2D eigenvalue weighted by Gasteiger charge is -2.06. The van der Waals surface area contributed by atoms with Crippen LogP contribution < -0.4 is 4.74 Å². The van der Waals surface area contributed by atoms with Crippen LogP contribution in [-0.4, -0.2) is 36.2 Å². The number of pyridine rings is 1. The summed E-state index contributed by atoms with van der Waals surface area (Å²) >= 11 is 0. The van der Waals surface area contributed by atoms with Crippen LogP contribution in [0.25, 0.3) is 22.3 Å². The summed E-state index contributed by atoms with van der Waals surface area (Å²) in [6.45, 7) is 0. The van der Waals surface area contributed by atoms with E-state index in [1.807, 2.05) is 48.7 Å². The van der Waals surface area contributed by atoms with Gasteiger partial charge in [-0.15, -0.1) is 10.2 Å². The highest BCUT2D eigenvalue weighted by Crippen LogP contribution is 2.26. The molecular weight excluding hydrogens is 442 g/mol. The minimum atomic E-state index is -0.744. The molecule has 0 saturated heterocycles. The molecule has 0 spiro atoms. The molecule has 35 heavy (non-hydrogen) atoms. The molecule has 0 aliphatic heterocycles. The molecule has 0 atom stereocenters. The fourth-order valence-corrected chi connectivity index (χ4v) is 4.01. The van der Waals surface area contributed by atoms with Gasteiger partial charge in [0, 0.05) is 36.1 Å². The number of aromatic nitrogens is 5. The maximum absolute atomic E-state index is 10.7. The molecule has 0 amide bonds. The SMILES string of the molecule is O=C(O)CCCCc1cccc(Cc2nnc(-c3cccc(Oc4cc5cc[nH]c5cn4)c3)[nH]2)c1. The number of carboxylic acid groups (broad SMARTS) is 1. The third-order valence-electron chi connectivity index (χ3n) is 5.74. The zero-order chi connectivity index (χ0) is 24.0. The average molecular weight is 468 g/mol. The normalized spacial score (nSPS) is 11.1. The Morgan fingerprint density at radius 3 is 2.77 bits per heavy atom. The molecule has 8 nitrogen and oxygen atoms in total. The second kappa shape index (κ2) is 10.2. The fourth-order valence-electron chi connectivity index (χ4n) is 4.01. The first-order valence-corrected chi connectivity index (χ1v) is 11.5. The van der Waals surface area contributed by atoms with Crippen molar-refractivity contribution < 1.29 is 14.6 Å². The number of nitrogens with zero attached hydrogens (tertiary/aromatic N) is 3. The van der Waals surface area contributed by atoms with Gasteiger partial charge in [0.15, 0.2) is 5.82 Å². The summed E-state index contributed by atoms with van der Waals surface area (Å²) in [7, 11) is 0. The van der Waals surface area contributed by atoms with Crippen molar-refractivity contribution in [2.75, 3.05) is 0 Å². The first-order chi connectivity index (χ1) is 17.1. The third-order valence-corrected chi connectivity index (χ3v) is 5.74. The molecular formula is C27H25N5O3. The number of hydrogen-bond acceptors (Lipinski definition) is 5. The Bertz CT molecular complexity index is 1460. The van der Waals surface area contributed by atoms with Crippen molar-refractivity contribution in [1.82, 2.24) is 25.1 Å². The molecule has 2 aromatic carbocycles. The van der Waals surface area contributed by atoms with Crippen LogP contribution in [0.4, 0.5) is 0 Å². The first-order valence-electron chi connectivity index (χ1n) is 11.5. The van der Waals surface area contributed by atoms with E-state index in [4.69, 9.17) is 9.84 Å². The highest BCUT2D eigenvalue weighted by Gasteiger charge is 2.09. The van der Waals surface area contributed by atoms with Crippen LogP contribution in [0, 0.1) is 0 Å². The van der Waals surface area contributed by atoms with Crippen LogP contribution in [0.3, 0.4) is 0 Å². The van der Waals surface area contributed by atoms with Crippen LogP contribution in [-0.2, 0) is 17.6 Å². The Morgan fingerprint density at radius 2 is 1.86 bits per heavy atom. The quantitative estimate of drug-likeness (QED) is 0.233. The van der Waals surface area contributed by atoms with E-state index in [0.29, 0.717) is 30.3 Å². The van der Waals surface area contributed by atoms with Crippen molar-refractivity contribution in [1.29, 1.82) is 0 Å². The largest absolute Gasteiger partial charge is 0.481 e. The smallest absolute Gasteiger partial charge is 0.303 e. The molecule has 0 fully saturated rings. The number of carboxylic acids is 1. The molecule has 0 radical (unpaired) electrons. The maximum Gasteiger partial charge on any atom is 0.303 e. The van der Waals surface area contributed by atoms with Crippen LogP contribution in [0.1, 0.15) is 36.2 Å². The fraction of sp³-hybridized carbons (Fsp3) is 0.185. The predicted molar refractivity (Wildman–Crippen MR) is 132 cm³/mol. The molecule has 0 saturated carbocycles. The second-order valence-corrected chi connectivity index (χ2v) is 8.44. The van der Waals surface area contributed by atoms with Gasteiger partial charge in [0.05, 0.1) is 11.7 Å². The number of unbranched alkanes of at least 4 members (excludes halogenated alkanes) is 1. The summed E-state index contributed by atoms with van der Waals surface area (Å²) in [4.78, 5) is 21.5. The molecule has 0 unspecified atom stereocenters. The summed E-state index contributed by atoms with van der Waals surface area (Å²) in [6, 6.07) is 19.8. The lowest BCUT2D eigenvalue weighted by Crippen LogP contribution is -1.96. The molecule has 0 aliphatic carbocycles. The summed E-state index contributed by atoms with van der Waals surface area (Å²) in [5, 5.41) is 18.5. The molecule has 8 heteroatoms.